The van der Waals surface area contributed by atoms with Crippen molar-refractivity contribution in [1.29, 1.82) is 0 Å². The van der Waals surface area contributed by atoms with Gasteiger partial charge in [-0.1, -0.05) is 18.6 Å². The van der Waals surface area contributed by atoms with E-state index in [1.165, 1.54) is 12.0 Å². The maximum absolute atomic E-state index is 11.0. The number of nitrogens with zero attached hydrogens (tertiary/aromatic N) is 1. The number of rotatable bonds is 4. The van der Waals surface area contributed by atoms with Gasteiger partial charge in [-0.3, -0.25) is 4.90 Å². The number of carbonyl (C=O) groups is 1. The van der Waals surface area contributed by atoms with Gasteiger partial charge in [0.25, 0.3) is 0 Å². The average Bonchev–Trinajstić information content (AvgIpc) is 2.74. The van der Waals surface area contributed by atoms with Gasteiger partial charge in [-0.05, 0) is 52.0 Å². The fourth-order valence-electron chi connectivity index (χ4n) is 3.64. The molecule has 0 radical (unpaired) electrons. The van der Waals surface area contributed by atoms with Crippen molar-refractivity contribution in [1.82, 2.24) is 4.90 Å². The van der Waals surface area contributed by atoms with Gasteiger partial charge in [-0.25, -0.2) is 0 Å². The molecule has 1 N–H and O–H groups in total. The predicted molar refractivity (Wildman–Crippen MR) is 77.0 cm³/mol. The van der Waals surface area contributed by atoms with E-state index in [0.29, 0.717) is 18.4 Å². The van der Waals surface area contributed by atoms with E-state index in [1.807, 2.05) is 6.92 Å². The Bertz CT molecular complexity index is 373. The van der Waals surface area contributed by atoms with E-state index in [9.17, 15) is 9.90 Å². The highest BCUT2D eigenvalue weighted by Gasteiger charge is 2.43. The number of allylic oxidation sites excluding steroid dienone is 1. The lowest BCUT2D eigenvalue weighted by atomic mass is 9.82. The smallest absolute Gasteiger partial charge is 0.129 e. The first-order valence-corrected chi connectivity index (χ1v) is 7.54. The maximum atomic E-state index is 11.0. The van der Waals surface area contributed by atoms with Crippen molar-refractivity contribution in [3.8, 4) is 0 Å². The molecule has 0 aliphatic carbocycles. The number of Topliss-reactive ketones (excluding diaryl/α,β-unsaturated/α-hetero) is 1. The van der Waals surface area contributed by atoms with E-state index in [2.05, 4.69) is 17.9 Å². The largest absolute Gasteiger partial charge is 0.388 e. The number of aliphatic hydroxyl groups is 1. The normalized spacial score (nSPS) is 35.4. The molecular weight excluding hydrogens is 238 g/mol. The molecule has 0 aromatic rings. The van der Waals surface area contributed by atoms with Crippen LogP contribution in [0, 0.1) is 5.92 Å². The Morgan fingerprint density at radius 3 is 3.05 bits per heavy atom. The maximum Gasteiger partial charge on any atom is 0.129 e. The summed E-state index contributed by atoms with van der Waals surface area (Å²) in [5.74, 6) is 0.689. The van der Waals surface area contributed by atoms with Crippen LogP contribution in [0.5, 0.6) is 0 Å². The summed E-state index contributed by atoms with van der Waals surface area (Å²) < 4.78 is 0. The van der Waals surface area contributed by atoms with Crippen molar-refractivity contribution >= 4 is 5.78 Å². The van der Waals surface area contributed by atoms with Gasteiger partial charge in [0, 0.05) is 19.0 Å². The topological polar surface area (TPSA) is 40.5 Å². The third-order valence-corrected chi connectivity index (χ3v) is 4.54. The molecule has 2 saturated heterocycles. The van der Waals surface area contributed by atoms with E-state index < -0.39 is 5.60 Å². The first-order chi connectivity index (χ1) is 8.88. The van der Waals surface area contributed by atoms with Crippen LogP contribution < -0.4 is 0 Å². The number of fused-ring (bicyclic) bond motifs is 1. The third-order valence-electron chi connectivity index (χ3n) is 4.54. The molecule has 3 nitrogen and oxygen atoms in total. The van der Waals surface area contributed by atoms with E-state index in [0.717, 1.165) is 32.4 Å². The van der Waals surface area contributed by atoms with Crippen molar-refractivity contribution in [2.24, 2.45) is 5.92 Å². The molecule has 2 aliphatic rings. The van der Waals surface area contributed by atoms with Gasteiger partial charge in [-0.15, -0.1) is 0 Å². The fraction of sp³-hybridized carbons (Fsp3) is 0.812. The van der Waals surface area contributed by atoms with E-state index in [4.69, 9.17) is 0 Å². The Morgan fingerprint density at radius 1 is 1.63 bits per heavy atom. The molecule has 2 fully saturated rings. The van der Waals surface area contributed by atoms with Gasteiger partial charge in [0.1, 0.15) is 5.78 Å². The fourth-order valence-corrected chi connectivity index (χ4v) is 3.64. The molecule has 0 saturated carbocycles. The van der Waals surface area contributed by atoms with Gasteiger partial charge in [0.2, 0.25) is 0 Å². The Balaban J connectivity index is 1.99. The third kappa shape index (κ3) is 3.67. The highest BCUT2D eigenvalue weighted by atomic mass is 16.3. The molecular formula is C16H27NO2. The molecule has 2 heterocycles. The number of ketones is 1. The minimum absolute atomic E-state index is 0.264. The monoisotopic (exact) mass is 265 g/mol. The van der Waals surface area contributed by atoms with Gasteiger partial charge in [-0.2, -0.15) is 0 Å². The average molecular weight is 265 g/mol. The lowest BCUT2D eigenvalue weighted by molar-refractivity contribution is -0.117. The lowest BCUT2D eigenvalue weighted by Crippen LogP contribution is -2.52. The van der Waals surface area contributed by atoms with Crippen LogP contribution in [0.15, 0.2) is 11.6 Å². The van der Waals surface area contributed by atoms with E-state index in [1.54, 1.807) is 6.92 Å². The second-order valence-electron chi connectivity index (χ2n) is 6.71. The second-order valence-corrected chi connectivity index (χ2v) is 6.71. The van der Waals surface area contributed by atoms with Crippen molar-refractivity contribution in [2.45, 2.75) is 64.5 Å². The van der Waals surface area contributed by atoms with Crippen molar-refractivity contribution in [3.63, 3.8) is 0 Å². The minimum Gasteiger partial charge on any atom is -0.388 e. The number of hydrogen-bond acceptors (Lipinski definition) is 3. The van der Waals surface area contributed by atoms with Crippen LogP contribution in [0.4, 0.5) is 0 Å². The van der Waals surface area contributed by atoms with Crippen molar-refractivity contribution in [3.05, 3.63) is 11.6 Å². The molecule has 0 amide bonds. The van der Waals surface area contributed by atoms with Gasteiger partial charge in [0.15, 0.2) is 0 Å². The number of piperidine rings is 1. The van der Waals surface area contributed by atoms with Crippen LogP contribution in [-0.2, 0) is 4.79 Å². The standard InChI is InChI=1S/C16H27NO2/c1-12(6-7-13(2)18)9-14-10-16(3,19)15-5-4-8-17(15)11-14/h9,12,15,19H,4-8,10-11H2,1-3H3/b14-9-. The summed E-state index contributed by atoms with van der Waals surface area (Å²) in [5.41, 5.74) is 0.764. The highest BCUT2D eigenvalue weighted by molar-refractivity contribution is 5.75. The summed E-state index contributed by atoms with van der Waals surface area (Å²) in [5, 5.41) is 10.6. The lowest BCUT2D eigenvalue weighted by Gasteiger charge is -2.43. The molecule has 3 heteroatoms. The summed E-state index contributed by atoms with van der Waals surface area (Å²) >= 11 is 0. The quantitative estimate of drug-likeness (QED) is 0.794. The summed E-state index contributed by atoms with van der Waals surface area (Å²) in [6.45, 7) is 7.91. The van der Waals surface area contributed by atoms with Crippen molar-refractivity contribution in [2.75, 3.05) is 13.1 Å². The van der Waals surface area contributed by atoms with Gasteiger partial charge in [0.05, 0.1) is 5.60 Å². The van der Waals surface area contributed by atoms with Crippen LogP contribution in [-0.4, -0.2) is 40.5 Å². The predicted octanol–water partition coefficient (Wildman–Crippen LogP) is 2.54. The molecule has 0 aromatic carbocycles. The van der Waals surface area contributed by atoms with Crippen molar-refractivity contribution < 1.29 is 9.90 Å². The molecule has 0 aromatic heterocycles. The molecule has 0 bridgehead atoms. The zero-order valence-electron chi connectivity index (χ0n) is 12.5. The van der Waals surface area contributed by atoms with Crippen LogP contribution in [0.1, 0.15) is 52.9 Å². The van der Waals surface area contributed by atoms with Gasteiger partial charge < -0.3 is 9.90 Å². The molecule has 3 unspecified atom stereocenters. The summed E-state index contributed by atoms with van der Waals surface area (Å²) in [7, 11) is 0. The zero-order valence-corrected chi connectivity index (χ0v) is 12.5. The molecule has 2 aliphatic heterocycles. The highest BCUT2D eigenvalue weighted by Crippen LogP contribution is 2.37. The molecule has 19 heavy (non-hydrogen) atoms. The zero-order chi connectivity index (χ0) is 14.0. The second kappa shape index (κ2) is 5.76. The van der Waals surface area contributed by atoms with Crippen LogP contribution in [0.25, 0.3) is 0 Å². The van der Waals surface area contributed by atoms with Crippen LogP contribution in [0.2, 0.25) is 0 Å². The Kier molecular flexibility index (Phi) is 4.46. The number of hydrogen-bond donors (Lipinski definition) is 1. The number of carbonyl (C=O) groups excluding carboxylic acids is 1. The van der Waals surface area contributed by atoms with Gasteiger partial charge >= 0.3 is 0 Å². The Morgan fingerprint density at radius 2 is 2.37 bits per heavy atom. The van der Waals surface area contributed by atoms with E-state index in [-0.39, 0.29) is 5.78 Å². The van der Waals surface area contributed by atoms with Crippen LogP contribution in [0.3, 0.4) is 0 Å². The molecule has 108 valence electrons. The summed E-state index contributed by atoms with van der Waals surface area (Å²) in [6, 6.07) is 0.345. The Labute approximate surface area is 116 Å². The summed E-state index contributed by atoms with van der Waals surface area (Å²) in [4.78, 5) is 13.4. The molecule has 3 atom stereocenters. The molecule has 0 spiro atoms. The van der Waals surface area contributed by atoms with E-state index >= 15 is 0 Å². The first-order valence-electron chi connectivity index (χ1n) is 7.54. The summed E-state index contributed by atoms with van der Waals surface area (Å²) in [6.07, 6.45) is 6.98. The first kappa shape index (κ1) is 14.7. The van der Waals surface area contributed by atoms with Crippen LogP contribution >= 0.6 is 0 Å². The molecule has 2 rings (SSSR count). The Hall–Kier alpha value is -0.670. The SMILES string of the molecule is CC(=O)CCC(C)/C=C1\CN2CCCC2C(C)(O)C1. The minimum atomic E-state index is -0.582.